The molecule has 2 aromatic rings. The van der Waals surface area contributed by atoms with Crippen LogP contribution in [0.15, 0.2) is 24.3 Å². The summed E-state index contributed by atoms with van der Waals surface area (Å²) in [5, 5.41) is 12.1. The number of aromatic nitrogens is 2. The molecule has 1 aromatic heterocycles. The quantitative estimate of drug-likeness (QED) is 0.868. The number of fused-ring (bicyclic) bond motifs is 1. The van der Waals surface area contributed by atoms with Crippen LogP contribution in [0.25, 0.3) is 0 Å². The SMILES string of the molecule is N#Cc1ccccc1NC(=O)c1nc(C(=O)N2CCCCCC2)n2c1CCCC2. The van der Waals surface area contributed by atoms with E-state index in [1.54, 1.807) is 24.3 Å². The number of likely N-dealkylation sites (tertiary alicyclic amines) is 1. The summed E-state index contributed by atoms with van der Waals surface area (Å²) in [7, 11) is 0. The van der Waals surface area contributed by atoms with Crippen LogP contribution in [-0.4, -0.2) is 39.4 Å². The van der Waals surface area contributed by atoms with Crippen molar-refractivity contribution in [2.24, 2.45) is 0 Å². The van der Waals surface area contributed by atoms with Gasteiger partial charge in [-0.15, -0.1) is 0 Å². The molecule has 7 heteroatoms. The van der Waals surface area contributed by atoms with E-state index in [1.165, 1.54) is 0 Å². The normalized spacial score (nSPS) is 16.4. The van der Waals surface area contributed by atoms with E-state index in [4.69, 9.17) is 0 Å². The lowest BCUT2D eigenvalue weighted by Crippen LogP contribution is -2.34. The van der Waals surface area contributed by atoms with Gasteiger partial charge in [0.05, 0.1) is 16.9 Å². The molecule has 1 N–H and O–H groups in total. The first-order valence-electron chi connectivity index (χ1n) is 10.4. The monoisotopic (exact) mass is 391 g/mol. The zero-order valence-corrected chi connectivity index (χ0v) is 16.5. The first-order valence-corrected chi connectivity index (χ1v) is 10.4. The second kappa shape index (κ2) is 8.48. The Labute approximate surface area is 170 Å². The highest BCUT2D eigenvalue weighted by Gasteiger charge is 2.30. The Balaban J connectivity index is 1.65. The molecule has 0 saturated carbocycles. The van der Waals surface area contributed by atoms with Crippen molar-refractivity contribution < 1.29 is 9.59 Å². The molecule has 2 aliphatic heterocycles. The van der Waals surface area contributed by atoms with Gasteiger partial charge in [0.25, 0.3) is 11.8 Å². The summed E-state index contributed by atoms with van der Waals surface area (Å²) in [5.41, 5.74) is 1.98. The molecule has 1 aromatic carbocycles. The van der Waals surface area contributed by atoms with Gasteiger partial charge < -0.3 is 14.8 Å². The largest absolute Gasteiger partial charge is 0.336 e. The summed E-state index contributed by atoms with van der Waals surface area (Å²) in [5.74, 6) is -0.0693. The first-order chi connectivity index (χ1) is 14.2. The summed E-state index contributed by atoms with van der Waals surface area (Å²) in [4.78, 5) is 32.6. The molecule has 0 unspecified atom stereocenters. The van der Waals surface area contributed by atoms with Gasteiger partial charge in [0, 0.05) is 19.6 Å². The highest BCUT2D eigenvalue weighted by molar-refractivity contribution is 6.05. The molecule has 3 heterocycles. The lowest BCUT2D eigenvalue weighted by molar-refractivity contribution is 0.0743. The maximum absolute atomic E-state index is 13.2. The molecule has 0 bridgehead atoms. The Kier molecular flexibility index (Phi) is 5.61. The standard InChI is InChI=1S/C22H25N5O2/c23-15-16-9-3-4-10-17(16)24-21(28)19-18-11-5-8-14-27(18)20(25-19)22(29)26-12-6-1-2-7-13-26/h3-4,9-10H,1-2,5-8,11-14H2,(H,24,28). The minimum absolute atomic E-state index is 0.0773. The highest BCUT2D eigenvalue weighted by Crippen LogP contribution is 2.24. The summed E-state index contributed by atoms with van der Waals surface area (Å²) in [6.45, 7) is 2.20. The van der Waals surface area contributed by atoms with E-state index in [9.17, 15) is 14.9 Å². The van der Waals surface area contributed by atoms with Crippen molar-refractivity contribution in [1.29, 1.82) is 5.26 Å². The van der Waals surface area contributed by atoms with E-state index in [-0.39, 0.29) is 11.8 Å². The summed E-state index contributed by atoms with van der Waals surface area (Å²) in [6.07, 6.45) is 6.99. The van der Waals surface area contributed by atoms with Gasteiger partial charge in [-0.3, -0.25) is 9.59 Å². The van der Waals surface area contributed by atoms with E-state index in [0.29, 0.717) is 29.3 Å². The van der Waals surface area contributed by atoms with Crippen LogP contribution in [0.2, 0.25) is 0 Å². The topological polar surface area (TPSA) is 91.0 Å². The molecule has 2 aliphatic rings. The van der Waals surface area contributed by atoms with Gasteiger partial charge >= 0.3 is 0 Å². The van der Waals surface area contributed by atoms with Gasteiger partial charge in [-0.25, -0.2) is 4.98 Å². The van der Waals surface area contributed by atoms with Crippen LogP contribution in [0.5, 0.6) is 0 Å². The molecule has 0 atom stereocenters. The molecule has 150 valence electrons. The average molecular weight is 391 g/mol. The van der Waals surface area contributed by atoms with Gasteiger partial charge in [-0.05, 0) is 44.2 Å². The Bertz CT molecular complexity index is 964. The van der Waals surface area contributed by atoms with Crippen molar-refractivity contribution >= 4 is 17.5 Å². The molecule has 4 rings (SSSR count). The number of rotatable bonds is 3. The van der Waals surface area contributed by atoms with Gasteiger partial charge in [-0.2, -0.15) is 5.26 Å². The zero-order valence-electron chi connectivity index (χ0n) is 16.5. The van der Waals surface area contributed by atoms with Crippen LogP contribution in [0.4, 0.5) is 5.69 Å². The number of hydrogen-bond donors (Lipinski definition) is 1. The minimum Gasteiger partial charge on any atom is -0.336 e. The Morgan fingerprint density at radius 1 is 1.00 bits per heavy atom. The van der Waals surface area contributed by atoms with Crippen molar-refractivity contribution in [3.63, 3.8) is 0 Å². The van der Waals surface area contributed by atoms with E-state index in [0.717, 1.165) is 63.7 Å². The van der Waals surface area contributed by atoms with Crippen molar-refractivity contribution in [1.82, 2.24) is 14.5 Å². The zero-order chi connectivity index (χ0) is 20.2. The van der Waals surface area contributed by atoms with E-state index in [1.807, 2.05) is 9.47 Å². The van der Waals surface area contributed by atoms with Crippen LogP contribution < -0.4 is 5.32 Å². The number of benzene rings is 1. The average Bonchev–Trinajstić information content (AvgIpc) is 2.93. The fourth-order valence-corrected chi connectivity index (χ4v) is 4.17. The molecule has 0 radical (unpaired) electrons. The fourth-order valence-electron chi connectivity index (χ4n) is 4.17. The number of carbonyl (C=O) groups excluding carboxylic acids is 2. The predicted octanol–water partition coefficient (Wildman–Crippen LogP) is 3.36. The third kappa shape index (κ3) is 3.88. The molecule has 1 saturated heterocycles. The van der Waals surface area contributed by atoms with Gasteiger partial charge in [-0.1, -0.05) is 25.0 Å². The smallest absolute Gasteiger partial charge is 0.289 e. The van der Waals surface area contributed by atoms with Crippen LogP contribution >= 0.6 is 0 Å². The van der Waals surface area contributed by atoms with Gasteiger partial charge in [0.2, 0.25) is 0 Å². The van der Waals surface area contributed by atoms with E-state index in [2.05, 4.69) is 16.4 Å². The molecular formula is C22H25N5O2. The number of anilines is 1. The number of hydrogen-bond acceptors (Lipinski definition) is 4. The second-order valence-electron chi connectivity index (χ2n) is 7.66. The van der Waals surface area contributed by atoms with Crippen LogP contribution in [-0.2, 0) is 13.0 Å². The number of amides is 2. The second-order valence-corrected chi connectivity index (χ2v) is 7.66. The van der Waals surface area contributed by atoms with Crippen molar-refractivity contribution in [2.75, 3.05) is 18.4 Å². The summed E-state index contributed by atoms with van der Waals surface area (Å²) >= 11 is 0. The minimum atomic E-state index is -0.367. The summed E-state index contributed by atoms with van der Waals surface area (Å²) in [6, 6.07) is 8.97. The molecule has 7 nitrogen and oxygen atoms in total. The van der Waals surface area contributed by atoms with Crippen molar-refractivity contribution in [3.05, 3.63) is 47.0 Å². The molecule has 1 fully saturated rings. The Morgan fingerprint density at radius 2 is 1.72 bits per heavy atom. The van der Waals surface area contributed by atoms with E-state index < -0.39 is 0 Å². The van der Waals surface area contributed by atoms with E-state index >= 15 is 0 Å². The van der Waals surface area contributed by atoms with Crippen molar-refractivity contribution in [3.8, 4) is 6.07 Å². The third-order valence-electron chi connectivity index (χ3n) is 5.71. The highest BCUT2D eigenvalue weighted by atomic mass is 16.2. The Hall–Kier alpha value is -3.14. The number of imidazole rings is 1. The van der Waals surface area contributed by atoms with Gasteiger partial charge in [0.15, 0.2) is 11.5 Å². The maximum atomic E-state index is 13.2. The maximum Gasteiger partial charge on any atom is 0.289 e. The molecular weight excluding hydrogens is 366 g/mol. The summed E-state index contributed by atoms with van der Waals surface area (Å²) < 4.78 is 1.93. The van der Waals surface area contributed by atoms with Crippen LogP contribution in [0.1, 0.15) is 70.9 Å². The lowest BCUT2D eigenvalue weighted by atomic mass is 10.1. The number of carbonyl (C=O) groups is 2. The lowest BCUT2D eigenvalue weighted by Gasteiger charge is -2.22. The molecule has 0 spiro atoms. The van der Waals surface area contributed by atoms with Gasteiger partial charge in [0.1, 0.15) is 6.07 Å². The molecule has 2 amide bonds. The number of nitrogens with one attached hydrogen (secondary N) is 1. The number of nitrogens with zero attached hydrogens (tertiary/aromatic N) is 4. The number of nitriles is 1. The molecule has 0 aliphatic carbocycles. The fraction of sp³-hybridized carbons (Fsp3) is 0.455. The van der Waals surface area contributed by atoms with Crippen molar-refractivity contribution in [2.45, 2.75) is 51.5 Å². The predicted molar refractivity (Wildman–Crippen MR) is 109 cm³/mol. The third-order valence-corrected chi connectivity index (χ3v) is 5.71. The van der Waals surface area contributed by atoms with Crippen LogP contribution in [0, 0.1) is 11.3 Å². The first kappa shape index (κ1) is 19.2. The van der Waals surface area contributed by atoms with Crippen LogP contribution in [0.3, 0.4) is 0 Å². The molecule has 29 heavy (non-hydrogen) atoms. The Morgan fingerprint density at radius 3 is 2.48 bits per heavy atom. The number of para-hydroxylation sites is 1.